The lowest BCUT2D eigenvalue weighted by Crippen LogP contribution is -2.26. The Balaban J connectivity index is 1.99. The van der Waals surface area contributed by atoms with Crippen molar-refractivity contribution in [1.82, 2.24) is 4.98 Å². The number of nitrogen functional groups attached to an aromatic ring is 1. The smallest absolute Gasteiger partial charge is 0.123 e. The van der Waals surface area contributed by atoms with E-state index in [9.17, 15) is 5.11 Å². The zero-order valence-corrected chi connectivity index (χ0v) is 8.69. The van der Waals surface area contributed by atoms with Crippen LogP contribution in [-0.2, 0) is 0 Å². The van der Waals surface area contributed by atoms with Crippen LogP contribution < -0.4 is 11.1 Å². The summed E-state index contributed by atoms with van der Waals surface area (Å²) in [5, 5.41) is 12.6. The number of nitrogens with zero attached hydrogens (tertiary/aromatic N) is 1. The third-order valence-electron chi connectivity index (χ3n) is 3.03. The topological polar surface area (TPSA) is 71.2 Å². The van der Waals surface area contributed by atoms with Crippen LogP contribution in [0.2, 0.25) is 0 Å². The fraction of sp³-hybridized carbons (Fsp3) is 0.545. The van der Waals surface area contributed by atoms with E-state index in [1.54, 1.807) is 12.3 Å². The van der Waals surface area contributed by atoms with Gasteiger partial charge in [-0.2, -0.15) is 0 Å². The maximum absolute atomic E-state index is 9.18. The number of aromatic nitrogens is 1. The maximum Gasteiger partial charge on any atom is 0.123 e. The quantitative estimate of drug-likeness (QED) is 0.697. The van der Waals surface area contributed by atoms with E-state index in [1.807, 2.05) is 6.07 Å². The largest absolute Gasteiger partial charge is 0.396 e. The Kier molecular flexibility index (Phi) is 3.06. The Morgan fingerprint density at radius 1 is 1.47 bits per heavy atom. The fourth-order valence-electron chi connectivity index (χ4n) is 2.15. The summed E-state index contributed by atoms with van der Waals surface area (Å²) in [4.78, 5) is 4.02. The van der Waals surface area contributed by atoms with Gasteiger partial charge in [-0.1, -0.05) is 6.42 Å². The van der Waals surface area contributed by atoms with Crippen LogP contribution in [0.3, 0.4) is 0 Å². The van der Waals surface area contributed by atoms with Crippen molar-refractivity contribution < 1.29 is 5.11 Å². The minimum Gasteiger partial charge on any atom is -0.396 e. The van der Waals surface area contributed by atoms with E-state index in [4.69, 9.17) is 5.73 Å². The zero-order valence-electron chi connectivity index (χ0n) is 8.69. The molecule has 1 aromatic rings. The molecule has 15 heavy (non-hydrogen) atoms. The van der Waals surface area contributed by atoms with Gasteiger partial charge < -0.3 is 16.2 Å². The molecule has 0 saturated heterocycles. The van der Waals surface area contributed by atoms with Gasteiger partial charge in [0, 0.05) is 18.6 Å². The van der Waals surface area contributed by atoms with E-state index in [-0.39, 0.29) is 6.61 Å². The van der Waals surface area contributed by atoms with Crippen LogP contribution in [0.4, 0.5) is 11.5 Å². The summed E-state index contributed by atoms with van der Waals surface area (Å²) in [7, 11) is 0. The molecule has 0 spiro atoms. The van der Waals surface area contributed by atoms with Crippen molar-refractivity contribution in [2.45, 2.75) is 25.3 Å². The molecule has 82 valence electrons. The normalized spacial score (nSPS) is 25.4. The minimum atomic E-state index is 0.264. The van der Waals surface area contributed by atoms with Crippen LogP contribution in [-0.4, -0.2) is 22.7 Å². The van der Waals surface area contributed by atoms with E-state index >= 15 is 0 Å². The van der Waals surface area contributed by atoms with Crippen LogP contribution >= 0.6 is 0 Å². The van der Waals surface area contributed by atoms with Gasteiger partial charge in [-0.05, 0) is 25.0 Å². The van der Waals surface area contributed by atoms with Gasteiger partial charge in [0.2, 0.25) is 0 Å². The molecule has 2 rings (SSSR count). The Morgan fingerprint density at radius 3 is 3.00 bits per heavy atom. The molecular formula is C11H17N3O. The highest BCUT2D eigenvalue weighted by Crippen LogP contribution is 2.27. The van der Waals surface area contributed by atoms with Gasteiger partial charge in [0.25, 0.3) is 0 Å². The molecule has 0 amide bonds. The molecule has 4 heteroatoms. The van der Waals surface area contributed by atoms with Crippen molar-refractivity contribution in [1.29, 1.82) is 0 Å². The van der Waals surface area contributed by atoms with Gasteiger partial charge in [0.1, 0.15) is 5.82 Å². The van der Waals surface area contributed by atoms with Crippen LogP contribution in [0.1, 0.15) is 19.3 Å². The first kappa shape index (κ1) is 10.2. The van der Waals surface area contributed by atoms with Gasteiger partial charge in [-0.3, -0.25) is 0 Å². The molecule has 2 atom stereocenters. The Hall–Kier alpha value is -1.29. The molecule has 4 N–H and O–H groups in total. The second-order valence-corrected chi connectivity index (χ2v) is 4.10. The third-order valence-corrected chi connectivity index (χ3v) is 3.03. The summed E-state index contributed by atoms with van der Waals surface area (Å²) < 4.78 is 0. The number of anilines is 2. The number of rotatable bonds is 3. The molecule has 0 radical (unpaired) electrons. The monoisotopic (exact) mass is 207 g/mol. The zero-order chi connectivity index (χ0) is 10.7. The van der Waals surface area contributed by atoms with E-state index in [1.165, 1.54) is 6.42 Å². The molecule has 1 aliphatic rings. The van der Waals surface area contributed by atoms with Gasteiger partial charge >= 0.3 is 0 Å². The van der Waals surface area contributed by atoms with E-state index < -0.39 is 0 Å². The Morgan fingerprint density at radius 2 is 2.33 bits per heavy atom. The van der Waals surface area contributed by atoms with Gasteiger partial charge in [0.05, 0.1) is 11.9 Å². The summed E-state index contributed by atoms with van der Waals surface area (Å²) in [5.41, 5.74) is 6.49. The number of aliphatic hydroxyl groups is 1. The lowest BCUT2D eigenvalue weighted by Gasteiger charge is -2.19. The average molecular weight is 207 g/mol. The highest BCUT2D eigenvalue weighted by atomic mass is 16.3. The lowest BCUT2D eigenvalue weighted by molar-refractivity contribution is 0.222. The van der Waals surface area contributed by atoms with Crippen LogP contribution in [0, 0.1) is 5.92 Å². The summed E-state index contributed by atoms with van der Waals surface area (Å²) in [6.45, 7) is 0.264. The molecule has 4 nitrogen and oxygen atoms in total. The highest BCUT2D eigenvalue weighted by Gasteiger charge is 2.26. The molecule has 0 aliphatic heterocycles. The molecule has 1 fully saturated rings. The van der Waals surface area contributed by atoms with Crippen molar-refractivity contribution >= 4 is 11.5 Å². The molecule has 1 aromatic heterocycles. The van der Waals surface area contributed by atoms with E-state index in [0.29, 0.717) is 17.8 Å². The van der Waals surface area contributed by atoms with Gasteiger partial charge in [-0.15, -0.1) is 0 Å². The van der Waals surface area contributed by atoms with Gasteiger partial charge in [-0.25, -0.2) is 4.98 Å². The number of pyridine rings is 1. The van der Waals surface area contributed by atoms with Crippen molar-refractivity contribution in [2.24, 2.45) is 5.92 Å². The molecule has 1 heterocycles. The van der Waals surface area contributed by atoms with Crippen LogP contribution in [0.25, 0.3) is 0 Å². The number of nitrogens with one attached hydrogen (secondary N) is 1. The van der Waals surface area contributed by atoms with Gasteiger partial charge in [0.15, 0.2) is 0 Å². The third kappa shape index (κ3) is 2.39. The molecule has 0 aromatic carbocycles. The summed E-state index contributed by atoms with van der Waals surface area (Å²) in [6.07, 6.45) is 5.15. The SMILES string of the molecule is Nc1ccc(NC2CCCC2CO)cn1. The summed E-state index contributed by atoms with van der Waals surface area (Å²) >= 11 is 0. The number of nitrogens with two attached hydrogens (primary N) is 1. The first-order chi connectivity index (χ1) is 7.29. The standard InChI is InChI=1S/C11H17N3O/c12-11-5-4-9(6-13-11)14-10-3-1-2-8(10)7-15/h4-6,8,10,14-15H,1-3,7H2,(H2,12,13). The molecule has 2 unspecified atom stereocenters. The average Bonchev–Trinajstić information content (AvgIpc) is 2.69. The highest BCUT2D eigenvalue weighted by molar-refractivity contribution is 5.46. The first-order valence-corrected chi connectivity index (χ1v) is 5.38. The second-order valence-electron chi connectivity index (χ2n) is 4.10. The predicted molar refractivity (Wildman–Crippen MR) is 60.5 cm³/mol. The molecular weight excluding hydrogens is 190 g/mol. The molecule has 0 bridgehead atoms. The minimum absolute atomic E-state index is 0.264. The molecule has 1 saturated carbocycles. The number of aliphatic hydroxyl groups excluding tert-OH is 1. The van der Waals surface area contributed by atoms with Crippen molar-refractivity contribution in [3.05, 3.63) is 18.3 Å². The molecule has 1 aliphatic carbocycles. The Bertz CT molecular complexity index is 312. The number of hydrogen-bond donors (Lipinski definition) is 3. The summed E-state index contributed by atoms with van der Waals surface area (Å²) in [5.74, 6) is 0.910. The summed E-state index contributed by atoms with van der Waals surface area (Å²) in [6, 6.07) is 4.08. The van der Waals surface area contributed by atoms with Crippen molar-refractivity contribution in [2.75, 3.05) is 17.7 Å². The maximum atomic E-state index is 9.18. The van der Waals surface area contributed by atoms with Crippen molar-refractivity contribution in [3.8, 4) is 0 Å². The second kappa shape index (κ2) is 4.49. The first-order valence-electron chi connectivity index (χ1n) is 5.38. The Labute approximate surface area is 89.5 Å². The fourth-order valence-corrected chi connectivity index (χ4v) is 2.15. The van der Waals surface area contributed by atoms with Crippen LogP contribution in [0.15, 0.2) is 18.3 Å². The van der Waals surface area contributed by atoms with Crippen LogP contribution in [0.5, 0.6) is 0 Å². The number of hydrogen-bond acceptors (Lipinski definition) is 4. The predicted octanol–water partition coefficient (Wildman–Crippen LogP) is 1.24. The van der Waals surface area contributed by atoms with E-state index in [2.05, 4.69) is 10.3 Å². The lowest BCUT2D eigenvalue weighted by atomic mass is 10.1. The van der Waals surface area contributed by atoms with Crippen molar-refractivity contribution in [3.63, 3.8) is 0 Å². The van der Waals surface area contributed by atoms with E-state index in [0.717, 1.165) is 18.5 Å².